The summed E-state index contributed by atoms with van der Waals surface area (Å²) >= 11 is 1.44. The quantitative estimate of drug-likeness (QED) is 0.271. The number of carbonyl (C=O) groups is 2. The molecule has 9 nitrogen and oxygen atoms in total. The molecule has 2 aliphatic rings. The predicted octanol–water partition coefficient (Wildman–Crippen LogP) is 5.56. The van der Waals surface area contributed by atoms with Crippen molar-refractivity contribution in [2.75, 3.05) is 20.8 Å². The molecule has 3 aromatic rings. The lowest BCUT2D eigenvalue weighted by Gasteiger charge is -2.36. The van der Waals surface area contributed by atoms with Crippen molar-refractivity contribution in [1.29, 1.82) is 0 Å². The van der Waals surface area contributed by atoms with Crippen molar-refractivity contribution < 1.29 is 23.8 Å². The molecule has 0 radical (unpaired) electrons. The van der Waals surface area contributed by atoms with E-state index in [1.165, 1.54) is 18.9 Å². The summed E-state index contributed by atoms with van der Waals surface area (Å²) in [5.74, 6) is 0.515. The van der Waals surface area contributed by atoms with Crippen LogP contribution in [0.15, 0.2) is 100 Å². The number of esters is 1. The van der Waals surface area contributed by atoms with Gasteiger partial charge in [0.15, 0.2) is 16.7 Å². The van der Waals surface area contributed by atoms with E-state index in [2.05, 4.69) is 10.3 Å². The van der Waals surface area contributed by atoms with Crippen LogP contribution in [0.2, 0.25) is 0 Å². The lowest BCUT2D eigenvalue weighted by Crippen LogP contribution is -2.38. The van der Waals surface area contributed by atoms with Crippen LogP contribution < -0.4 is 14.8 Å². The summed E-state index contributed by atoms with van der Waals surface area (Å²) in [7, 11) is 2.95. The lowest BCUT2D eigenvalue weighted by molar-refractivity contribution is -0.136. The van der Waals surface area contributed by atoms with Gasteiger partial charge in [-0.15, -0.1) is 0 Å². The summed E-state index contributed by atoms with van der Waals surface area (Å²) in [5, 5.41) is 5.62. The number of benzene rings is 2. The molecule has 2 aromatic carbocycles. The first kappa shape index (κ1) is 29.9. The van der Waals surface area contributed by atoms with Gasteiger partial charge in [0.05, 0.1) is 38.0 Å². The van der Waals surface area contributed by atoms with Crippen LogP contribution in [0.1, 0.15) is 42.6 Å². The van der Waals surface area contributed by atoms with E-state index >= 15 is 0 Å². The van der Waals surface area contributed by atoms with Gasteiger partial charge in [-0.3, -0.25) is 9.78 Å². The van der Waals surface area contributed by atoms with E-state index in [0.717, 1.165) is 22.5 Å². The average Bonchev–Trinajstić information content (AvgIpc) is 3.45. The van der Waals surface area contributed by atoms with Gasteiger partial charge >= 0.3 is 5.97 Å². The number of allylic oxidation sites excluding steroid dienone is 1. The number of methoxy groups -OCH3 is 2. The minimum atomic E-state index is -0.574. The highest BCUT2D eigenvalue weighted by Crippen LogP contribution is 2.46. The Morgan fingerprint density at radius 1 is 1.02 bits per heavy atom. The molecule has 0 saturated heterocycles. The van der Waals surface area contributed by atoms with E-state index in [1.807, 2.05) is 84.0 Å². The molecule has 0 bridgehead atoms. The van der Waals surface area contributed by atoms with Crippen molar-refractivity contribution >= 4 is 28.8 Å². The number of amides is 1. The van der Waals surface area contributed by atoms with Gasteiger partial charge < -0.3 is 24.4 Å². The van der Waals surface area contributed by atoms with E-state index < -0.39 is 12.0 Å². The first-order valence-corrected chi connectivity index (χ1v) is 15.0. The van der Waals surface area contributed by atoms with Gasteiger partial charge in [-0.25, -0.2) is 9.79 Å². The number of nitrogens with one attached hydrogen (secondary N) is 1. The Hall–Kier alpha value is -4.57. The highest BCUT2D eigenvalue weighted by molar-refractivity contribution is 8.16. The Morgan fingerprint density at radius 3 is 2.56 bits per heavy atom. The summed E-state index contributed by atoms with van der Waals surface area (Å²) in [6, 6.07) is 20.7. The normalized spacial score (nSPS) is 15.8. The number of hydrogen-bond acceptors (Lipinski definition) is 9. The van der Waals surface area contributed by atoms with Crippen molar-refractivity contribution in [2.24, 2.45) is 4.99 Å². The van der Waals surface area contributed by atoms with Crippen molar-refractivity contribution in [3.63, 3.8) is 0 Å². The van der Waals surface area contributed by atoms with Gasteiger partial charge in [0.25, 0.3) is 0 Å². The molecule has 1 N–H and O–H groups in total. The van der Waals surface area contributed by atoms with Gasteiger partial charge in [0, 0.05) is 30.6 Å². The van der Waals surface area contributed by atoms with Gasteiger partial charge in [-0.2, -0.15) is 0 Å². The second kappa shape index (κ2) is 14.1. The molecule has 0 saturated carbocycles. The fourth-order valence-corrected chi connectivity index (χ4v) is 5.98. The van der Waals surface area contributed by atoms with Crippen molar-refractivity contribution in [3.8, 4) is 11.5 Å². The van der Waals surface area contributed by atoms with Crippen LogP contribution in [0.3, 0.4) is 0 Å². The van der Waals surface area contributed by atoms with Gasteiger partial charge in [0.2, 0.25) is 5.91 Å². The Balaban J connectivity index is 1.41. The average molecular weight is 599 g/mol. The monoisotopic (exact) mass is 598 g/mol. The molecular weight excluding hydrogens is 564 g/mol. The number of ether oxygens (including phenoxy) is 3. The summed E-state index contributed by atoms with van der Waals surface area (Å²) in [5.41, 5.74) is 4.54. The van der Waals surface area contributed by atoms with E-state index in [1.54, 1.807) is 13.3 Å². The Morgan fingerprint density at radius 2 is 1.84 bits per heavy atom. The molecule has 1 amide bonds. The molecule has 43 heavy (non-hydrogen) atoms. The van der Waals surface area contributed by atoms with E-state index in [0.29, 0.717) is 53.9 Å². The molecule has 1 aromatic heterocycles. The molecule has 0 spiro atoms. The van der Waals surface area contributed by atoms with Crippen molar-refractivity contribution in [2.45, 2.75) is 38.8 Å². The van der Waals surface area contributed by atoms with E-state index in [-0.39, 0.29) is 12.3 Å². The van der Waals surface area contributed by atoms with Crippen LogP contribution in [-0.2, 0) is 27.4 Å². The zero-order valence-corrected chi connectivity index (χ0v) is 25.2. The Labute approximate surface area is 255 Å². The number of aromatic nitrogens is 1. The number of nitrogens with zero attached hydrogens (tertiary/aromatic N) is 3. The van der Waals surface area contributed by atoms with Crippen LogP contribution in [0.4, 0.5) is 0 Å². The summed E-state index contributed by atoms with van der Waals surface area (Å²) in [6.45, 7) is 2.81. The van der Waals surface area contributed by atoms with Crippen LogP contribution in [0.25, 0.3) is 0 Å². The van der Waals surface area contributed by atoms with Crippen molar-refractivity contribution in [3.05, 3.63) is 112 Å². The maximum atomic E-state index is 13.3. The number of rotatable bonds is 12. The molecule has 0 unspecified atom stereocenters. The lowest BCUT2D eigenvalue weighted by atomic mass is 9.92. The van der Waals surface area contributed by atoms with Crippen LogP contribution in [0.5, 0.6) is 11.5 Å². The third-order valence-corrected chi connectivity index (χ3v) is 8.03. The largest absolute Gasteiger partial charge is 0.493 e. The smallest absolute Gasteiger partial charge is 0.338 e. The summed E-state index contributed by atoms with van der Waals surface area (Å²) < 4.78 is 17.1. The molecule has 2 aliphatic heterocycles. The standard InChI is InChI=1S/C33H34N4O5S/c1-4-26-30(32(39)41-3)31(23-13-14-27(28(18-23)40-2)42-20-22-10-6-5-7-11-22)37-25(21-43-33(37)36-26)19-29(38)35-17-15-24-12-8-9-16-34-24/h5-14,16,18,21,31H,4,15,17,19-20H2,1-3H3,(H,35,38)/t31-/m1/s1. The molecule has 10 heteroatoms. The predicted molar refractivity (Wildman–Crippen MR) is 166 cm³/mol. The zero-order chi connectivity index (χ0) is 30.2. The maximum Gasteiger partial charge on any atom is 0.338 e. The van der Waals surface area contributed by atoms with Crippen LogP contribution in [-0.4, -0.2) is 47.7 Å². The number of hydrogen-bond donors (Lipinski definition) is 1. The fourth-order valence-electron chi connectivity index (χ4n) is 5.04. The van der Waals surface area contributed by atoms with Gasteiger partial charge in [-0.05, 0) is 47.2 Å². The SMILES string of the molecule is CCC1=C(C(=O)OC)[C@@H](c2ccc(OCc3ccccc3)c(OC)c2)N2C(CC(=O)NCCc3ccccn3)=CSC2=N1. The fraction of sp³-hybridized carbons (Fsp3) is 0.273. The first-order valence-electron chi connectivity index (χ1n) is 14.1. The zero-order valence-electron chi connectivity index (χ0n) is 24.4. The van der Waals surface area contributed by atoms with Gasteiger partial charge in [0.1, 0.15) is 6.61 Å². The second-order valence-corrected chi connectivity index (χ2v) is 10.7. The number of fused-ring (bicyclic) bond motifs is 1. The molecule has 5 rings (SSSR count). The third kappa shape index (κ3) is 6.91. The number of pyridine rings is 1. The number of aliphatic imine (C=N–C) groups is 1. The summed E-state index contributed by atoms with van der Waals surface area (Å²) in [4.78, 5) is 37.4. The first-order chi connectivity index (χ1) is 21.0. The van der Waals surface area contributed by atoms with E-state index in [9.17, 15) is 9.59 Å². The molecule has 1 atom stereocenters. The number of carbonyl (C=O) groups excluding carboxylic acids is 2. The highest BCUT2D eigenvalue weighted by Gasteiger charge is 2.41. The molecular formula is C33H34N4O5S. The molecule has 3 heterocycles. The Kier molecular flexibility index (Phi) is 9.78. The highest BCUT2D eigenvalue weighted by atomic mass is 32.2. The second-order valence-electron chi connectivity index (χ2n) is 9.88. The maximum absolute atomic E-state index is 13.3. The summed E-state index contributed by atoms with van der Waals surface area (Å²) in [6.07, 6.45) is 3.03. The van der Waals surface area contributed by atoms with Crippen LogP contribution in [0, 0.1) is 0 Å². The Bertz CT molecular complexity index is 1560. The topological polar surface area (TPSA) is 102 Å². The van der Waals surface area contributed by atoms with E-state index in [4.69, 9.17) is 19.2 Å². The minimum Gasteiger partial charge on any atom is -0.493 e. The molecule has 222 valence electrons. The molecule has 0 aliphatic carbocycles. The van der Waals surface area contributed by atoms with Gasteiger partial charge in [-0.1, -0.05) is 61.2 Å². The van der Waals surface area contributed by atoms with Crippen molar-refractivity contribution in [1.82, 2.24) is 15.2 Å². The number of amidine groups is 1. The minimum absolute atomic E-state index is 0.121. The number of thioether (sulfide) groups is 1. The molecule has 0 fully saturated rings. The third-order valence-electron chi connectivity index (χ3n) is 7.14. The van der Waals surface area contributed by atoms with Crippen LogP contribution >= 0.6 is 11.8 Å².